The second-order valence-electron chi connectivity index (χ2n) is 5.11. The molecule has 3 rings (SSSR count). The van der Waals surface area contributed by atoms with E-state index in [1.54, 1.807) is 10.7 Å². The van der Waals surface area contributed by atoms with Crippen LogP contribution in [0.15, 0.2) is 18.3 Å². The van der Waals surface area contributed by atoms with Gasteiger partial charge in [0.2, 0.25) is 0 Å². The third-order valence-corrected chi connectivity index (χ3v) is 3.86. The monoisotopic (exact) mass is 273 g/mol. The first-order valence-corrected chi connectivity index (χ1v) is 7.02. The van der Waals surface area contributed by atoms with E-state index in [1.807, 2.05) is 24.0 Å². The van der Waals surface area contributed by atoms with Gasteiger partial charge < -0.3 is 9.80 Å². The lowest BCUT2D eigenvalue weighted by Crippen LogP contribution is -2.48. The lowest BCUT2D eigenvalue weighted by molar-refractivity contribution is 0.0637. The minimum absolute atomic E-state index is 0.0209. The van der Waals surface area contributed by atoms with Gasteiger partial charge in [-0.1, -0.05) is 6.92 Å². The standard InChI is InChI=1S/C14H19N5O/c1-3-17-6-8-18(9-7-17)14(20)12-10-11(2)19-13(16-12)4-5-15-19/h4-5,10H,3,6-9H2,1-2H3. The van der Waals surface area contributed by atoms with Gasteiger partial charge in [0.25, 0.3) is 5.91 Å². The molecule has 0 atom stereocenters. The zero-order chi connectivity index (χ0) is 14.1. The average molecular weight is 273 g/mol. The van der Waals surface area contributed by atoms with Crippen LogP contribution in [-0.4, -0.2) is 63.0 Å². The van der Waals surface area contributed by atoms with Crippen molar-refractivity contribution < 1.29 is 4.79 Å². The quantitative estimate of drug-likeness (QED) is 0.813. The third kappa shape index (κ3) is 2.27. The minimum Gasteiger partial charge on any atom is -0.335 e. The molecule has 6 heteroatoms. The summed E-state index contributed by atoms with van der Waals surface area (Å²) in [6.45, 7) is 8.56. The summed E-state index contributed by atoms with van der Waals surface area (Å²) in [6.07, 6.45) is 1.70. The molecule has 3 heterocycles. The normalized spacial score (nSPS) is 16.8. The Hall–Kier alpha value is -1.95. The number of amides is 1. The summed E-state index contributed by atoms with van der Waals surface area (Å²) < 4.78 is 1.74. The molecule has 0 N–H and O–H groups in total. The number of hydrogen-bond acceptors (Lipinski definition) is 4. The summed E-state index contributed by atoms with van der Waals surface area (Å²) >= 11 is 0. The van der Waals surface area contributed by atoms with Crippen LogP contribution < -0.4 is 0 Å². The van der Waals surface area contributed by atoms with Crippen LogP contribution in [0, 0.1) is 6.92 Å². The first-order valence-electron chi connectivity index (χ1n) is 7.02. The van der Waals surface area contributed by atoms with E-state index in [2.05, 4.69) is 21.9 Å². The predicted molar refractivity (Wildman–Crippen MR) is 75.7 cm³/mol. The SMILES string of the molecule is CCN1CCN(C(=O)c2cc(C)n3nccc3n2)CC1. The van der Waals surface area contributed by atoms with Crippen molar-refractivity contribution in [3.05, 3.63) is 29.7 Å². The molecule has 1 aliphatic heterocycles. The summed E-state index contributed by atoms with van der Waals surface area (Å²) in [5.74, 6) is 0.0209. The molecule has 6 nitrogen and oxygen atoms in total. The van der Waals surface area contributed by atoms with E-state index in [-0.39, 0.29) is 5.91 Å². The van der Waals surface area contributed by atoms with Gasteiger partial charge in [0.05, 0.1) is 6.20 Å². The molecule has 0 aliphatic carbocycles. The Bertz CT molecular complexity index is 628. The van der Waals surface area contributed by atoms with Crippen LogP contribution in [0.25, 0.3) is 5.65 Å². The van der Waals surface area contributed by atoms with Gasteiger partial charge in [0, 0.05) is 37.9 Å². The van der Waals surface area contributed by atoms with Gasteiger partial charge in [0.1, 0.15) is 5.69 Å². The van der Waals surface area contributed by atoms with Crippen LogP contribution in [-0.2, 0) is 0 Å². The average Bonchev–Trinajstić information content (AvgIpc) is 2.95. The van der Waals surface area contributed by atoms with Crippen molar-refractivity contribution in [1.82, 2.24) is 24.4 Å². The summed E-state index contributed by atoms with van der Waals surface area (Å²) in [5, 5.41) is 4.17. The van der Waals surface area contributed by atoms with E-state index >= 15 is 0 Å². The minimum atomic E-state index is 0.0209. The molecule has 2 aromatic heterocycles. The molecule has 0 aromatic carbocycles. The Morgan fingerprint density at radius 2 is 2.05 bits per heavy atom. The number of aromatic nitrogens is 3. The molecule has 1 saturated heterocycles. The Balaban J connectivity index is 1.82. The van der Waals surface area contributed by atoms with Crippen molar-refractivity contribution in [3.63, 3.8) is 0 Å². The van der Waals surface area contributed by atoms with Crippen molar-refractivity contribution in [1.29, 1.82) is 0 Å². The highest BCUT2D eigenvalue weighted by atomic mass is 16.2. The summed E-state index contributed by atoms with van der Waals surface area (Å²) in [5.41, 5.74) is 2.16. The maximum atomic E-state index is 12.5. The van der Waals surface area contributed by atoms with Crippen molar-refractivity contribution >= 4 is 11.6 Å². The molecule has 0 saturated carbocycles. The molecule has 0 unspecified atom stereocenters. The van der Waals surface area contributed by atoms with Crippen molar-refractivity contribution in [3.8, 4) is 0 Å². The van der Waals surface area contributed by atoms with Crippen LogP contribution in [0.2, 0.25) is 0 Å². The highest BCUT2D eigenvalue weighted by Gasteiger charge is 2.22. The Kier molecular flexibility index (Phi) is 3.40. The number of fused-ring (bicyclic) bond motifs is 1. The highest BCUT2D eigenvalue weighted by Crippen LogP contribution is 2.11. The number of piperazine rings is 1. The molecule has 20 heavy (non-hydrogen) atoms. The van der Waals surface area contributed by atoms with Crippen LogP contribution in [0.3, 0.4) is 0 Å². The number of carbonyl (C=O) groups excluding carboxylic acids is 1. The highest BCUT2D eigenvalue weighted by molar-refractivity contribution is 5.93. The number of nitrogens with zero attached hydrogens (tertiary/aromatic N) is 5. The van der Waals surface area contributed by atoms with Crippen LogP contribution >= 0.6 is 0 Å². The number of hydrogen-bond donors (Lipinski definition) is 0. The number of likely N-dealkylation sites (N-methyl/N-ethyl adjacent to an activating group) is 1. The summed E-state index contributed by atoms with van der Waals surface area (Å²) in [7, 11) is 0. The molecule has 0 bridgehead atoms. The smallest absolute Gasteiger partial charge is 0.272 e. The van der Waals surface area contributed by atoms with Gasteiger partial charge in [-0.3, -0.25) is 4.79 Å². The maximum absolute atomic E-state index is 12.5. The number of aryl methyl sites for hydroxylation is 1. The molecule has 0 spiro atoms. The topological polar surface area (TPSA) is 53.7 Å². The first-order chi connectivity index (χ1) is 9.69. The third-order valence-electron chi connectivity index (χ3n) is 3.86. The van der Waals surface area contributed by atoms with Gasteiger partial charge in [-0.25, -0.2) is 9.50 Å². The summed E-state index contributed by atoms with van der Waals surface area (Å²) in [6, 6.07) is 3.63. The molecule has 1 amide bonds. The maximum Gasteiger partial charge on any atom is 0.272 e. The second-order valence-corrected chi connectivity index (χ2v) is 5.11. The number of carbonyl (C=O) groups is 1. The Morgan fingerprint density at radius 1 is 1.30 bits per heavy atom. The predicted octanol–water partition coefficient (Wildman–Crippen LogP) is 0.815. The second kappa shape index (κ2) is 5.20. The summed E-state index contributed by atoms with van der Waals surface area (Å²) in [4.78, 5) is 21.2. The van der Waals surface area contributed by atoms with E-state index < -0.39 is 0 Å². The fourth-order valence-corrected chi connectivity index (χ4v) is 2.61. The van der Waals surface area contributed by atoms with Gasteiger partial charge in [-0.15, -0.1) is 0 Å². The molecule has 1 aliphatic rings. The van der Waals surface area contributed by atoms with E-state index in [9.17, 15) is 4.79 Å². The van der Waals surface area contributed by atoms with Crippen molar-refractivity contribution in [2.75, 3.05) is 32.7 Å². The van der Waals surface area contributed by atoms with Crippen molar-refractivity contribution in [2.24, 2.45) is 0 Å². The van der Waals surface area contributed by atoms with Gasteiger partial charge in [0.15, 0.2) is 5.65 Å². The van der Waals surface area contributed by atoms with Crippen LogP contribution in [0.1, 0.15) is 23.1 Å². The molecular weight excluding hydrogens is 254 g/mol. The first kappa shape index (κ1) is 13.1. The van der Waals surface area contributed by atoms with Gasteiger partial charge in [-0.05, 0) is 19.5 Å². The fraction of sp³-hybridized carbons (Fsp3) is 0.500. The molecule has 2 aromatic rings. The van der Waals surface area contributed by atoms with Gasteiger partial charge in [-0.2, -0.15) is 5.10 Å². The molecule has 106 valence electrons. The molecule has 1 fully saturated rings. The van der Waals surface area contributed by atoms with Crippen LogP contribution in [0.5, 0.6) is 0 Å². The lowest BCUT2D eigenvalue weighted by Gasteiger charge is -2.33. The Morgan fingerprint density at radius 3 is 2.75 bits per heavy atom. The fourth-order valence-electron chi connectivity index (χ4n) is 2.61. The van der Waals surface area contributed by atoms with E-state index in [0.717, 1.165) is 44.1 Å². The lowest BCUT2D eigenvalue weighted by atomic mass is 10.2. The van der Waals surface area contributed by atoms with Gasteiger partial charge >= 0.3 is 0 Å². The van der Waals surface area contributed by atoms with Crippen molar-refractivity contribution in [2.45, 2.75) is 13.8 Å². The number of rotatable bonds is 2. The molecule has 0 radical (unpaired) electrons. The largest absolute Gasteiger partial charge is 0.335 e. The molecular formula is C14H19N5O. The van der Waals surface area contributed by atoms with E-state index in [4.69, 9.17) is 0 Å². The van der Waals surface area contributed by atoms with E-state index in [1.165, 1.54) is 0 Å². The van der Waals surface area contributed by atoms with E-state index in [0.29, 0.717) is 5.69 Å². The Labute approximate surface area is 118 Å². The zero-order valence-corrected chi connectivity index (χ0v) is 11.9. The van der Waals surface area contributed by atoms with Crippen LogP contribution in [0.4, 0.5) is 0 Å². The zero-order valence-electron chi connectivity index (χ0n) is 11.9.